The van der Waals surface area contributed by atoms with Crippen molar-refractivity contribution in [3.05, 3.63) is 35.9 Å². The van der Waals surface area contributed by atoms with E-state index in [4.69, 9.17) is 9.47 Å². The minimum atomic E-state index is 0.318. The molecule has 1 aromatic rings. The molecule has 2 atom stereocenters. The Kier molecular flexibility index (Phi) is 3.17. The van der Waals surface area contributed by atoms with E-state index in [9.17, 15) is 0 Å². The third kappa shape index (κ3) is 2.34. The van der Waals surface area contributed by atoms with Crippen LogP contribution in [0.4, 0.5) is 0 Å². The van der Waals surface area contributed by atoms with Gasteiger partial charge < -0.3 is 9.47 Å². The lowest BCUT2D eigenvalue weighted by atomic mass is 10.0. The van der Waals surface area contributed by atoms with E-state index < -0.39 is 0 Å². The third-order valence-electron chi connectivity index (χ3n) is 2.60. The zero-order valence-electron chi connectivity index (χ0n) is 8.48. The summed E-state index contributed by atoms with van der Waals surface area (Å²) in [6, 6.07) is 10.2. The number of ether oxygens (including phenoxy) is 2. The Labute approximate surface area is 84.8 Å². The normalized spacial score (nSPS) is 25.8. The van der Waals surface area contributed by atoms with Gasteiger partial charge in [0.05, 0.1) is 25.9 Å². The third-order valence-corrected chi connectivity index (χ3v) is 2.60. The molecule has 0 unspecified atom stereocenters. The van der Waals surface area contributed by atoms with Gasteiger partial charge in [0, 0.05) is 5.92 Å². The molecule has 0 bridgehead atoms. The summed E-state index contributed by atoms with van der Waals surface area (Å²) in [5.74, 6) is 0.658. The number of benzene rings is 1. The molecule has 2 heteroatoms. The van der Waals surface area contributed by atoms with Crippen molar-refractivity contribution in [3.63, 3.8) is 0 Å². The van der Waals surface area contributed by atoms with Gasteiger partial charge in [-0.25, -0.2) is 0 Å². The van der Waals surface area contributed by atoms with Crippen molar-refractivity contribution < 1.29 is 9.47 Å². The van der Waals surface area contributed by atoms with E-state index in [1.165, 1.54) is 5.56 Å². The lowest BCUT2D eigenvalue weighted by Gasteiger charge is -2.33. The molecule has 0 aliphatic carbocycles. The van der Waals surface area contributed by atoms with E-state index >= 15 is 0 Å². The maximum Gasteiger partial charge on any atom is 0.0856 e. The van der Waals surface area contributed by atoms with Gasteiger partial charge in [-0.2, -0.15) is 0 Å². The zero-order valence-corrected chi connectivity index (χ0v) is 8.48. The summed E-state index contributed by atoms with van der Waals surface area (Å²) in [4.78, 5) is 0. The van der Waals surface area contributed by atoms with Gasteiger partial charge in [-0.3, -0.25) is 0 Å². The largest absolute Gasteiger partial charge is 0.375 e. The van der Waals surface area contributed by atoms with Crippen LogP contribution >= 0.6 is 0 Å². The fourth-order valence-electron chi connectivity index (χ4n) is 1.50. The van der Waals surface area contributed by atoms with Crippen molar-refractivity contribution in [1.82, 2.24) is 0 Å². The van der Waals surface area contributed by atoms with Gasteiger partial charge in [0.2, 0.25) is 0 Å². The Balaban J connectivity index is 1.68. The second-order valence-corrected chi connectivity index (χ2v) is 3.85. The van der Waals surface area contributed by atoms with Crippen LogP contribution < -0.4 is 0 Å². The van der Waals surface area contributed by atoms with Gasteiger partial charge in [-0.1, -0.05) is 37.3 Å². The lowest BCUT2D eigenvalue weighted by Crippen LogP contribution is -2.40. The van der Waals surface area contributed by atoms with Gasteiger partial charge >= 0.3 is 0 Å². The van der Waals surface area contributed by atoms with Crippen molar-refractivity contribution in [3.8, 4) is 0 Å². The number of hydrogen-bond acceptors (Lipinski definition) is 2. The van der Waals surface area contributed by atoms with Crippen LogP contribution in [-0.2, 0) is 16.1 Å². The highest BCUT2D eigenvalue weighted by molar-refractivity contribution is 5.13. The lowest BCUT2D eigenvalue weighted by molar-refractivity contribution is -0.141. The zero-order chi connectivity index (χ0) is 9.80. The highest BCUT2D eigenvalue weighted by atomic mass is 16.5. The van der Waals surface area contributed by atoms with Crippen molar-refractivity contribution in [2.75, 3.05) is 13.2 Å². The molecule has 0 radical (unpaired) electrons. The predicted molar refractivity (Wildman–Crippen MR) is 55.0 cm³/mol. The van der Waals surface area contributed by atoms with Crippen LogP contribution in [0.25, 0.3) is 0 Å². The van der Waals surface area contributed by atoms with Gasteiger partial charge in [0.25, 0.3) is 0 Å². The maximum absolute atomic E-state index is 5.57. The molecule has 1 fully saturated rings. The summed E-state index contributed by atoms with van der Waals surface area (Å²) in [6.45, 7) is 4.49. The van der Waals surface area contributed by atoms with E-state index in [2.05, 4.69) is 19.1 Å². The Morgan fingerprint density at radius 1 is 1.36 bits per heavy atom. The summed E-state index contributed by atoms with van der Waals surface area (Å²) in [5, 5.41) is 0. The SMILES string of the molecule is C[C@H]1CO[C@H]1COCc1ccccc1. The molecule has 14 heavy (non-hydrogen) atoms. The van der Waals surface area contributed by atoms with E-state index in [0.29, 0.717) is 18.6 Å². The quantitative estimate of drug-likeness (QED) is 0.728. The van der Waals surface area contributed by atoms with Crippen LogP contribution in [0, 0.1) is 5.92 Å². The molecule has 0 N–H and O–H groups in total. The summed E-state index contributed by atoms with van der Waals surface area (Å²) >= 11 is 0. The van der Waals surface area contributed by atoms with Gasteiger partial charge in [-0.15, -0.1) is 0 Å². The summed E-state index contributed by atoms with van der Waals surface area (Å²) < 4.78 is 10.9. The first kappa shape index (κ1) is 9.69. The average Bonchev–Trinajstić information content (AvgIpc) is 2.24. The Morgan fingerprint density at radius 2 is 2.14 bits per heavy atom. The molecular formula is C12H16O2. The highest BCUT2D eigenvalue weighted by Crippen LogP contribution is 2.19. The number of hydrogen-bond donors (Lipinski definition) is 0. The van der Waals surface area contributed by atoms with Crippen molar-refractivity contribution >= 4 is 0 Å². The first-order valence-corrected chi connectivity index (χ1v) is 5.09. The minimum Gasteiger partial charge on any atom is -0.375 e. The van der Waals surface area contributed by atoms with Crippen molar-refractivity contribution in [2.45, 2.75) is 19.6 Å². The highest BCUT2D eigenvalue weighted by Gasteiger charge is 2.27. The van der Waals surface area contributed by atoms with Crippen LogP contribution in [0.15, 0.2) is 30.3 Å². The molecular weight excluding hydrogens is 176 g/mol. The van der Waals surface area contributed by atoms with Crippen LogP contribution in [0.1, 0.15) is 12.5 Å². The molecule has 0 spiro atoms. The number of rotatable bonds is 4. The van der Waals surface area contributed by atoms with Crippen LogP contribution in [0.5, 0.6) is 0 Å². The first-order chi connectivity index (χ1) is 6.86. The van der Waals surface area contributed by atoms with Crippen molar-refractivity contribution in [1.29, 1.82) is 0 Å². The molecule has 2 nitrogen and oxygen atoms in total. The molecule has 1 aliphatic rings. The fraction of sp³-hybridized carbons (Fsp3) is 0.500. The molecule has 1 aliphatic heterocycles. The van der Waals surface area contributed by atoms with E-state index in [-0.39, 0.29) is 0 Å². The molecule has 1 aromatic carbocycles. The Bertz CT molecular complexity index is 271. The van der Waals surface area contributed by atoms with Gasteiger partial charge in [0.15, 0.2) is 0 Å². The molecule has 1 heterocycles. The fourth-order valence-corrected chi connectivity index (χ4v) is 1.50. The monoisotopic (exact) mass is 192 g/mol. The van der Waals surface area contributed by atoms with Crippen LogP contribution in [0.3, 0.4) is 0 Å². The average molecular weight is 192 g/mol. The minimum absolute atomic E-state index is 0.318. The summed E-state index contributed by atoms with van der Waals surface area (Å²) in [6.07, 6.45) is 0.318. The molecule has 2 rings (SSSR count). The molecule has 76 valence electrons. The second kappa shape index (κ2) is 4.58. The summed E-state index contributed by atoms with van der Waals surface area (Å²) in [5.41, 5.74) is 1.22. The standard InChI is InChI=1S/C12H16O2/c1-10-7-14-12(10)9-13-8-11-5-3-2-4-6-11/h2-6,10,12H,7-9H2,1H3/t10-,12-/m0/s1. The first-order valence-electron chi connectivity index (χ1n) is 5.09. The second-order valence-electron chi connectivity index (χ2n) is 3.85. The van der Waals surface area contributed by atoms with E-state index in [1.54, 1.807) is 0 Å². The smallest absolute Gasteiger partial charge is 0.0856 e. The molecule has 0 saturated carbocycles. The van der Waals surface area contributed by atoms with E-state index in [0.717, 1.165) is 13.2 Å². The Morgan fingerprint density at radius 3 is 2.71 bits per heavy atom. The maximum atomic E-state index is 5.57. The summed E-state index contributed by atoms with van der Waals surface area (Å²) in [7, 11) is 0. The van der Waals surface area contributed by atoms with Gasteiger partial charge in [-0.05, 0) is 5.56 Å². The molecule has 0 aromatic heterocycles. The predicted octanol–water partition coefficient (Wildman–Crippen LogP) is 2.24. The Hall–Kier alpha value is -0.860. The topological polar surface area (TPSA) is 18.5 Å². The van der Waals surface area contributed by atoms with Crippen molar-refractivity contribution in [2.24, 2.45) is 5.92 Å². The van der Waals surface area contributed by atoms with E-state index in [1.807, 2.05) is 18.2 Å². The van der Waals surface area contributed by atoms with Crippen LogP contribution in [-0.4, -0.2) is 19.3 Å². The molecule has 1 saturated heterocycles. The van der Waals surface area contributed by atoms with Gasteiger partial charge in [0.1, 0.15) is 0 Å². The molecule has 0 amide bonds. The van der Waals surface area contributed by atoms with Crippen LogP contribution in [0.2, 0.25) is 0 Å².